The first-order chi connectivity index (χ1) is 6.86. The second-order valence-electron chi connectivity index (χ2n) is 3.85. The lowest BCUT2D eigenvalue weighted by atomic mass is 10.2. The molecule has 0 saturated heterocycles. The zero-order chi connectivity index (χ0) is 9.54. The molecule has 1 fully saturated rings. The SMILES string of the molecule is NC(c1nnc2ccccn12)C1CC1. The van der Waals surface area contributed by atoms with Crippen molar-refractivity contribution in [1.82, 2.24) is 14.6 Å². The van der Waals surface area contributed by atoms with Crippen molar-refractivity contribution in [1.29, 1.82) is 0 Å². The van der Waals surface area contributed by atoms with Crippen LogP contribution in [0.2, 0.25) is 0 Å². The maximum absolute atomic E-state index is 6.09. The summed E-state index contributed by atoms with van der Waals surface area (Å²) in [5, 5.41) is 8.23. The highest BCUT2D eigenvalue weighted by Gasteiger charge is 2.32. The number of hydrogen-bond acceptors (Lipinski definition) is 3. The second-order valence-corrected chi connectivity index (χ2v) is 3.85. The first-order valence-electron chi connectivity index (χ1n) is 4.91. The Morgan fingerprint density at radius 1 is 1.36 bits per heavy atom. The summed E-state index contributed by atoms with van der Waals surface area (Å²) in [6, 6.07) is 5.92. The van der Waals surface area contributed by atoms with Gasteiger partial charge in [0.25, 0.3) is 0 Å². The lowest BCUT2D eigenvalue weighted by molar-refractivity contribution is 0.587. The van der Waals surface area contributed by atoms with E-state index in [-0.39, 0.29) is 6.04 Å². The molecule has 2 aromatic rings. The molecule has 1 unspecified atom stereocenters. The summed E-state index contributed by atoms with van der Waals surface area (Å²) in [6.07, 6.45) is 4.42. The molecular weight excluding hydrogens is 176 g/mol. The Labute approximate surface area is 81.8 Å². The molecule has 0 spiro atoms. The molecule has 3 rings (SSSR count). The molecular formula is C10H12N4. The summed E-state index contributed by atoms with van der Waals surface area (Å²) in [4.78, 5) is 0. The number of rotatable bonds is 2. The minimum absolute atomic E-state index is 0.0485. The highest BCUT2D eigenvalue weighted by atomic mass is 15.3. The number of fused-ring (bicyclic) bond motifs is 1. The van der Waals surface area contributed by atoms with Crippen LogP contribution in [-0.4, -0.2) is 14.6 Å². The van der Waals surface area contributed by atoms with Crippen molar-refractivity contribution in [3.8, 4) is 0 Å². The standard InChI is InChI=1S/C10H12N4/c11-9(7-4-5-7)10-13-12-8-3-1-2-6-14(8)10/h1-3,6-7,9H,4-5,11H2. The van der Waals surface area contributed by atoms with Gasteiger partial charge in [-0.3, -0.25) is 4.40 Å². The predicted molar refractivity (Wildman–Crippen MR) is 52.6 cm³/mol. The van der Waals surface area contributed by atoms with Crippen LogP contribution in [0.5, 0.6) is 0 Å². The van der Waals surface area contributed by atoms with Crippen LogP contribution in [0.3, 0.4) is 0 Å². The first kappa shape index (κ1) is 7.94. The molecule has 1 aliphatic rings. The van der Waals surface area contributed by atoms with Gasteiger partial charge in [-0.1, -0.05) is 6.07 Å². The Balaban J connectivity index is 2.11. The predicted octanol–water partition coefficient (Wildman–Crippen LogP) is 1.14. The van der Waals surface area contributed by atoms with Gasteiger partial charge in [0.05, 0.1) is 6.04 Å². The van der Waals surface area contributed by atoms with E-state index in [9.17, 15) is 0 Å². The van der Waals surface area contributed by atoms with E-state index in [4.69, 9.17) is 5.73 Å². The fraction of sp³-hybridized carbons (Fsp3) is 0.400. The van der Waals surface area contributed by atoms with Crippen LogP contribution in [-0.2, 0) is 0 Å². The van der Waals surface area contributed by atoms with Gasteiger partial charge in [0.2, 0.25) is 0 Å². The molecule has 4 nitrogen and oxygen atoms in total. The fourth-order valence-corrected chi connectivity index (χ4v) is 1.75. The topological polar surface area (TPSA) is 56.2 Å². The Bertz CT molecular complexity index is 458. The number of hydrogen-bond donors (Lipinski definition) is 1. The van der Waals surface area contributed by atoms with Crippen molar-refractivity contribution in [2.24, 2.45) is 11.7 Å². The minimum Gasteiger partial charge on any atom is -0.321 e. The zero-order valence-electron chi connectivity index (χ0n) is 7.80. The molecule has 0 aliphatic heterocycles. The zero-order valence-corrected chi connectivity index (χ0v) is 7.80. The van der Waals surface area contributed by atoms with Gasteiger partial charge in [0.15, 0.2) is 11.5 Å². The lowest BCUT2D eigenvalue weighted by Crippen LogP contribution is -2.15. The van der Waals surface area contributed by atoms with Crippen molar-refractivity contribution < 1.29 is 0 Å². The van der Waals surface area contributed by atoms with Gasteiger partial charge in [0, 0.05) is 6.20 Å². The van der Waals surface area contributed by atoms with Crippen LogP contribution in [0, 0.1) is 5.92 Å². The summed E-state index contributed by atoms with van der Waals surface area (Å²) >= 11 is 0. The van der Waals surface area contributed by atoms with Gasteiger partial charge in [0.1, 0.15) is 0 Å². The van der Waals surface area contributed by atoms with E-state index < -0.39 is 0 Å². The molecule has 14 heavy (non-hydrogen) atoms. The molecule has 2 aromatic heterocycles. The summed E-state index contributed by atoms with van der Waals surface area (Å²) in [6.45, 7) is 0. The normalized spacial score (nSPS) is 18.6. The summed E-state index contributed by atoms with van der Waals surface area (Å²) in [5.74, 6) is 1.51. The third-order valence-corrected chi connectivity index (χ3v) is 2.77. The molecule has 4 heteroatoms. The van der Waals surface area contributed by atoms with Gasteiger partial charge in [-0.05, 0) is 30.9 Å². The maximum atomic E-state index is 6.09. The molecule has 1 atom stereocenters. The van der Waals surface area contributed by atoms with Gasteiger partial charge in [-0.15, -0.1) is 10.2 Å². The third kappa shape index (κ3) is 1.11. The average molecular weight is 188 g/mol. The van der Waals surface area contributed by atoms with Gasteiger partial charge >= 0.3 is 0 Å². The van der Waals surface area contributed by atoms with Gasteiger partial charge in [-0.25, -0.2) is 0 Å². The molecule has 0 aromatic carbocycles. The van der Waals surface area contributed by atoms with Crippen LogP contribution in [0.15, 0.2) is 24.4 Å². The molecule has 1 aliphatic carbocycles. The monoisotopic (exact) mass is 188 g/mol. The first-order valence-corrected chi connectivity index (χ1v) is 4.91. The summed E-state index contributed by atoms with van der Waals surface area (Å²) < 4.78 is 1.98. The number of nitrogens with zero attached hydrogens (tertiary/aromatic N) is 3. The fourth-order valence-electron chi connectivity index (χ4n) is 1.75. The molecule has 0 radical (unpaired) electrons. The molecule has 1 saturated carbocycles. The van der Waals surface area contributed by atoms with Crippen LogP contribution in [0.1, 0.15) is 24.7 Å². The van der Waals surface area contributed by atoms with Crippen molar-refractivity contribution >= 4 is 5.65 Å². The highest BCUT2D eigenvalue weighted by Crippen LogP contribution is 2.38. The Hall–Kier alpha value is -1.42. The van der Waals surface area contributed by atoms with Gasteiger partial charge in [-0.2, -0.15) is 0 Å². The lowest BCUT2D eigenvalue weighted by Gasteiger charge is -2.06. The third-order valence-electron chi connectivity index (χ3n) is 2.77. The maximum Gasteiger partial charge on any atom is 0.160 e. The molecule has 2 heterocycles. The highest BCUT2D eigenvalue weighted by molar-refractivity contribution is 5.37. The quantitative estimate of drug-likeness (QED) is 0.768. The minimum atomic E-state index is 0.0485. The van der Waals surface area contributed by atoms with Gasteiger partial charge < -0.3 is 5.73 Å². The Morgan fingerprint density at radius 3 is 3.00 bits per heavy atom. The van der Waals surface area contributed by atoms with E-state index in [1.165, 1.54) is 12.8 Å². The number of pyridine rings is 1. The molecule has 2 N–H and O–H groups in total. The summed E-state index contributed by atoms with van der Waals surface area (Å²) in [5.41, 5.74) is 6.96. The van der Waals surface area contributed by atoms with Crippen LogP contribution < -0.4 is 5.73 Å². The molecule has 0 bridgehead atoms. The molecule has 0 amide bonds. The van der Waals surface area contributed by atoms with Crippen molar-refractivity contribution in [2.75, 3.05) is 0 Å². The van der Waals surface area contributed by atoms with Crippen LogP contribution in [0.4, 0.5) is 0 Å². The number of nitrogens with two attached hydrogens (primary N) is 1. The van der Waals surface area contributed by atoms with E-state index in [1.807, 2.05) is 28.8 Å². The Kier molecular flexibility index (Phi) is 1.58. The summed E-state index contributed by atoms with van der Waals surface area (Å²) in [7, 11) is 0. The smallest absolute Gasteiger partial charge is 0.160 e. The Morgan fingerprint density at radius 2 is 2.21 bits per heavy atom. The van der Waals surface area contributed by atoms with Crippen molar-refractivity contribution in [3.63, 3.8) is 0 Å². The van der Waals surface area contributed by atoms with E-state index in [1.54, 1.807) is 0 Å². The van der Waals surface area contributed by atoms with Crippen molar-refractivity contribution in [3.05, 3.63) is 30.2 Å². The van der Waals surface area contributed by atoms with E-state index in [0.717, 1.165) is 11.5 Å². The largest absolute Gasteiger partial charge is 0.321 e. The molecule has 72 valence electrons. The van der Waals surface area contributed by atoms with E-state index >= 15 is 0 Å². The van der Waals surface area contributed by atoms with E-state index in [2.05, 4.69) is 10.2 Å². The van der Waals surface area contributed by atoms with E-state index in [0.29, 0.717) is 5.92 Å². The van der Waals surface area contributed by atoms with Crippen molar-refractivity contribution in [2.45, 2.75) is 18.9 Å². The van der Waals surface area contributed by atoms with Crippen LogP contribution >= 0.6 is 0 Å². The number of aromatic nitrogens is 3. The van der Waals surface area contributed by atoms with Crippen LogP contribution in [0.25, 0.3) is 5.65 Å². The average Bonchev–Trinajstić information content (AvgIpc) is 2.97. The second kappa shape index (κ2) is 2.78.